The summed E-state index contributed by atoms with van der Waals surface area (Å²) in [6.45, 7) is 10.9. The first-order chi connectivity index (χ1) is 14.3. The van der Waals surface area contributed by atoms with Gasteiger partial charge in [-0.3, -0.25) is 0 Å². The van der Waals surface area contributed by atoms with Crippen LogP contribution in [0, 0.1) is 52.3 Å². The Balaban J connectivity index is 1.26. The summed E-state index contributed by atoms with van der Waals surface area (Å²) in [6, 6.07) is 0. The van der Waals surface area contributed by atoms with Crippen molar-refractivity contribution in [2.45, 2.75) is 110 Å². The minimum Gasteiger partial charge on any atom is -0.393 e. The molecule has 1 spiro atoms. The topological polar surface area (TPSA) is 38.7 Å². The van der Waals surface area contributed by atoms with E-state index >= 15 is 0 Å². The van der Waals surface area contributed by atoms with E-state index in [-0.39, 0.29) is 11.9 Å². The Morgan fingerprint density at radius 1 is 0.833 bits per heavy atom. The van der Waals surface area contributed by atoms with Gasteiger partial charge in [0.25, 0.3) is 0 Å². The molecule has 2 saturated heterocycles. The van der Waals surface area contributed by atoms with Crippen molar-refractivity contribution in [1.29, 1.82) is 0 Å². The summed E-state index contributed by atoms with van der Waals surface area (Å²) >= 11 is 0. The van der Waals surface area contributed by atoms with Crippen LogP contribution < -0.4 is 0 Å². The van der Waals surface area contributed by atoms with Crippen LogP contribution in [-0.2, 0) is 9.47 Å². The molecule has 0 aromatic heterocycles. The van der Waals surface area contributed by atoms with E-state index in [1.165, 1.54) is 44.9 Å². The number of hydrogen-bond acceptors (Lipinski definition) is 3. The molecule has 30 heavy (non-hydrogen) atoms. The standard InChI is InChI=1S/C27H44O3/c1-16-7-12-27(29-15-16)17(2)24-23(30-27)14-22-20-6-5-18-13-19(28)8-10-25(18,3)21(20)9-11-26(22,24)4/h16-24,28H,5-15H2,1-4H3/t16?,17-,18+,19-,20+,21-,22-,23-,24-,25-,26-,27?/m0/s1. The molecule has 12 atom stereocenters. The molecule has 6 rings (SSSR count). The minimum atomic E-state index is -0.282. The van der Waals surface area contributed by atoms with Gasteiger partial charge >= 0.3 is 0 Å². The van der Waals surface area contributed by atoms with Crippen molar-refractivity contribution < 1.29 is 14.6 Å². The third kappa shape index (κ3) is 2.61. The first-order valence-electron chi connectivity index (χ1n) is 13.3. The van der Waals surface area contributed by atoms with Gasteiger partial charge in [0, 0.05) is 12.3 Å². The third-order valence-electron chi connectivity index (χ3n) is 11.9. The molecule has 1 N–H and O–H groups in total. The largest absolute Gasteiger partial charge is 0.393 e. The smallest absolute Gasteiger partial charge is 0.171 e. The molecule has 4 aliphatic carbocycles. The van der Waals surface area contributed by atoms with Crippen LogP contribution in [-0.4, -0.2) is 29.7 Å². The van der Waals surface area contributed by atoms with Crippen LogP contribution in [0.5, 0.6) is 0 Å². The molecule has 2 heterocycles. The van der Waals surface area contributed by atoms with Gasteiger partial charge in [-0.1, -0.05) is 27.7 Å². The molecule has 0 aromatic rings. The zero-order valence-corrected chi connectivity index (χ0v) is 19.7. The van der Waals surface area contributed by atoms with Gasteiger partial charge in [-0.25, -0.2) is 0 Å². The Kier molecular flexibility index (Phi) is 4.58. The molecule has 0 aromatic carbocycles. The average molecular weight is 417 g/mol. The van der Waals surface area contributed by atoms with Gasteiger partial charge in [0.05, 0.1) is 18.8 Å². The Morgan fingerprint density at radius 3 is 2.40 bits per heavy atom. The van der Waals surface area contributed by atoms with Crippen molar-refractivity contribution in [2.24, 2.45) is 52.3 Å². The fraction of sp³-hybridized carbons (Fsp3) is 1.00. The summed E-state index contributed by atoms with van der Waals surface area (Å²) in [5.74, 6) is 4.93. The molecule has 0 bridgehead atoms. The van der Waals surface area contributed by atoms with Crippen molar-refractivity contribution in [1.82, 2.24) is 0 Å². The van der Waals surface area contributed by atoms with E-state index in [2.05, 4.69) is 27.7 Å². The molecule has 6 fully saturated rings. The number of ether oxygens (including phenoxy) is 2. The van der Waals surface area contributed by atoms with Crippen LogP contribution in [0.25, 0.3) is 0 Å². The zero-order chi connectivity index (χ0) is 20.9. The summed E-state index contributed by atoms with van der Waals surface area (Å²) in [4.78, 5) is 0. The fourth-order valence-electron chi connectivity index (χ4n) is 10.3. The van der Waals surface area contributed by atoms with E-state index in [1.807, 2.05) is 0 Å². The predicted molar refractivity (Wildman–Crippen MR) is 118 cm³/mol. The molecule has 0 amide bonds. The highest BCUT2D eigenvalue weighted by atomic mass is 16.7. The Bertz CT molecular complexity index is 684. The third-order valence-corrected chi connectivity index (χ3v) is 11.9. The highest BCUT2D eigenvalue weighted by molar-refractivity contribution is 5.15. The molecule has 3 nitrogen and oxygen atoms in total. The number of fused-ring (bicyclic) bond motifs is 7. The maximum absolute atomic E-state index is 10.3. The van der Waals surface area contributed by atoms with Gasteiger partial charge in [-0.2, -0.15) is 0 Å². The summed E-state index contributed by atoms with van der Waals surface area (Å²) in [7, 11) is 0. The molecular weight excluding hydrogens is 372 g/mol. The van der Waals surface area contributed by atoms with Crippen LogP contribution in [0.4, 0.5) is 0 Å². The highest BCUT2D eigenvalue weighted by Crippen LogP contribution is 2.71. The Labute approximate surface area is 183 Å². The SMILES string of the molecule is CC1CCC2(OC1)O[C@H]1C[C@H]3[C@@H]4CC[C@@H]5C[C@@H](O)CC[C@]5(C)[C@H]4CC[C@]3(C)[C@H]1[C@@H]2C. The number of rotatable bonds is 0. The van der Waals surface area contributed by atoms with Crippen molar-refractivity contribution in [3.63, 3.8) is 0 Å². The average Bonchev–Trinajstić information content (AvgIpc) is 3.16. The van der Waals surface area contributed by atoms with Crippen LogP contribution in [0.3, 0.4) is 0 Å². The van der Waals surface area contributed by atoms with Crippen molar-refractivity contribution >= 4 is 0 Å². The molecular formula is C27H44O3. The van der Waals surface area contributed by atoms with Gasteiger partial charge in [0.2, 0.25) is 0 Å². The normalized spacial score (nSPS) is 62.5. The summed E-state index contributed by atoms with van der Waals surface area (Å²) in [6.07, 6.45) is 12.9. The first-order valence-corrected chi connectivity index (χ1v) is 13.3. The molecule has 4 saturated carbocycles. The van der Waals surface area contributed by atoms with Gasteiger partial charge < -0.3 is 14.6 Å². The molecule has 2 unspecified atom stereocenters. The summed E-state index contributed by atoms with van der Waals surface area (Å²) < 4.78 is 13.4. The second-order valence-corrected chi connectivity index (χ2v) is 13.1. The van der Waals surface area contributed by atoms with Crippen LogP contribution in [0.2, 0.25) is 0 Å². The van der Waals surface area contributed by atoms with Crippen LogP contribution in [0.1, 0.15) is 91.9 Å². The number of hydrogen-bond donors (Lipinski definition) is 1. The van der Waals surface area contributed by atoms with E-state index in [9.17, 15) is 5.11 Å². The predicted octanol–water partition coefficient (Wildman–Crippen LogP) is 5.79. The summed E-state index contributed by atoms with van der Waals surface area (Å²) in [5, 5.41) is 10.3. The molecule has 0 radical (unpaired) electrons. The van der Waals surface area contributed by atoms with Gasteiger partial charge in [-0.05, 0) is 104 Å². The van der Waals surface area contributed by atoms with E-state index < -0.39 is 0 Å². The van der Waals surface area contributed by atoms with Crippen molar-refractivity contribution in [2.75, 3.05) is 6.61 Å². The van der Waals surface area contributed by atoms with E-state index in [4.69, 9.17) is 9.47 Å². The van der Waals surface area contributed by atoms with Crippen LogP contribution in [0.15, 0.2) is 0 Å². The quantitative estimate of drug-likeness (QED) is 0.543. The van der Waals surface area contributed by atoms with Gasteiger partial charge in [-0.15, -0.1) is 0 Å². The lowest BCUT2D eigenvalue weighted by atomic mass is 9.44. The molecule has 6 aliphatic rings. The molecule has 3 heteroatoms. The lowest BCUT2D eigenvalue weighted by Crippen LogP contribution is -2.55. The molecule has 2 aliphatic heterocycles. The zero-order valence-electron chi connectivity index (χ0n) is 19.7. The Hall–Kier alpha value is -0.120. The minimum absolute atomic E-state index is 0.0389. The van der Waals surface area contributed by atoms with Gasteiger partial charge in [0.15, 0.2) is 5.79 Å². The first kappa shape index (κ1) is 20.5. The van der Waals surface area contributed by atoms with E-state index in [1.54, 1.807) is 0 Å². The monoisotopic (exact) mass is 416 g/mol. The highest BCUT2D eigenvalue weighted by Gasteiger charge is 2.69. The Morgan fingerprint density at radius 2 is 1.63 bits per heavy atom. The molecule has 170 valence electrons. The van der Waals surface area contributed by atoms with Crippen molar-refractivity contribution in [3.05, 3.63) is 0 Å². The lowest BCUT2D eigenvalue weighted by molar-refractivity contribution is -0.273. The summed E-state index contributed by atoms with van der Waals surface area (Å²) in [5.41, 5.74) is 0.899. The fourth-order valence-corrected chi connectivity index (χ4v) is 10.3. The maximum atomic E-state index is 10.3. The van der Waals surface area contributed by atoms with E-state index in [0.717, 1.165) is 49.5 Å². The maximum Gasteiger partial charge on any atom is 0.171 e. The lowest BCUT2D eigenvalue weighted by Gasteiger charge is -2.61. The number of aliphatic hydroxyl groups is 1. The second-order valence-electron chi connectivity index (χ2n) is 13.1. The van der Waals surface area contributed by atoms with E-state index in [0.29, 0.717) is 34.7 Å². The van der Waals surface area contributed by atoms with Gasteiger partial charge in [0.1, 0.15) is 0 Å². The van der Waals surface area contributed by atoms with Crippen LogP contribution >= 0.6 is 0 Å². The second kappa shape index (κ2) is 6.70. The van der Waals surface area contributed by atoms with Crippen molar-refractivity contribution in [3.8, 4) is 0 Å². The number of aliphatic hydroxyl groups excluding tert-OH is 1.